The third-order valence-electron chi connectivity index (χ3n) is 2.81. The molecule has 4 nitrogen and oxygen atoms in total. The Morgan fingerprint density at radius 2 is 2.27 bits per heavy atom. The quantitative estimate of drug-likeness (QED) is 0.820. The lowest BCUT2D eigenvalue weighted by molar-refractivity contribution is 0.0314. The van der Waals surface area contributed by atoms with Gasteiger partial charge in [0.25, 0.3) is 0 Å². The van der Waals surface area contributed by atoms with Crippen LogP contribution < -0.4 is 5.32 Å². The molecule has 1 aromatic heterocycles. The van der Waals surface area contributed by atoms with Crippen LogP contribution in [0.5, 0.6) is 0 Å². The van der Waals surface area contributed by atoms with Crippen LogP contribution in [0.15, 0.2) is 12.4 Å². The summed E-state index contributed by atoms with van der Waals surface area (Å²) < 4.78 is 5.69. The van der Waals surface area contributed by atoms with Crippen LogP contribution >= 0.6 is 0 Å². The van der Waals surface area contributed by atoms with E-state index >= 15 is 0 Å². The Morgan fingerprint density at radius 1 is 1.47 bits per heavy atom. The highest BCUT2D eigenvalue weighted by Crippen LogP contribution is 2.25. The molecule has 0 bridgehead atoms. The lowest BCUT2D eigenvalue weighted by Crippen LogP contribution is -2.33. The standard InChI is InChI=1S/C11H17N3O/c1-9-10(13-6-5-12-9)14-8-11(2)4-3-7-15-11/h5-6H,3-4,7-8H2,1-2H3,(H,13,14). The van der Waals surface area contributed by atoms with E-state index in [2.05, 4.69) is 22.2 Å². The summed E-state index contributed by atoms with van der Waals surface area (Å²) in [6.45, 7) is 5.76. The molecule has 1 saturated heterocycles. The summed E-state index contributed by atoms with van der Waals surface area (Å²) >= 11 is 0. The van der Waals surface area contributed by atoms with Gasteiger partial charge < -0.3 is 10.1 Å². The van der Waals surface area contributed by atoms with Crippen molar-refractivity contribution in [2.45, 2.75) is 32.3 Å². The Morgan fingerprint density at radius 3 is 2.93 bits per heavy atom. The fourth-order valence-electron chi connectivity index (χ4n) is 1.83. The highest BCUT2D eigenvalue weighted by Gasteiger charge is 2.29. The first-order valence-corrected chi connectivity index (χ1v) is 5.35. The molecule has 0 aromatic carbocycles. The van der Waals surface area contributed by atoms with Crippen molar-refractivity contribution >= 4 is 5.82 Å². The Balaban J connectivity index is 1.95. The van der Waals surface area contributed by atoms with Crippen LogP contribution in [0.1, 0.15) is 25.5 Å². The summed E-state index contributed by atoms with van der Waals surface area (Å²) in [7, 11) is 0. The smallest absolute Gasteiger partial charge is 0.147 e. The third-order valence-corrected chi connectivity index (χ3v) is 2.81. The van der Waals surface area contributed by atoms with Crippen molar-refractivity contribution < 1.29 is 4.74 Å². The molecule has 1 fully saturated rings. The first-order chi connectivity index (χ1) is 7.20. The Bertz CT molecular complexity index is 334. The van der Waals surface area contributed by atoms with E-state index in [0.29, 0.717) is 0 Å². The van der Waals surface area contributed by atoms with E-state index in [-0.39, 0.29) is 5.60 Å². The first kappa shape index (κ1) is 10.4. The first-order valence-electron chi connectivity index (χ1n) is 5.35. The summed E-state index contributed by atoms with van der Waals surface area (Å²) in [5.41, 5.74) is 0.892. The molecule has 2 heterocycles. The van der Waals surface area contributed by atoms with Gasteiger partial charge in [0.1, 0.15) is 5.82 Å². The number of nitrogens with one attached hydrogen (secondary N) is 1. The molecule has 4 heteroatoms. The van der Waals surface area contributed by atoms with Crippen LogP contribution in [0, 0.1) is 6.92 Å². The van der Waals surface area contributed by atoms with Gasteiger partial charge in [0.2, 0.25) is 0 Å². The molecule has 0 amide bonds. The van der Waals surface area contributed by atoms with Gasteiger partial charge in [0.05, 0.1) is 11.3 Å². The molecule has 0 spiro atoms. The van der Waals surface area contributed by atoms with E-state index in [1.807, 2.05) is 6.92 Å². The van der Waals surface area contributed by atoms with Crippen molar-refractivity contribution in [3.05, 3.63) is 18.1 Å². The van der Waals surface area contributed by atoms with E-state index in [9.17, 15) is 0 Å². The molecule has 1 aromatic rings. The maximum Gasteiger partial charge on any atom is 0.147 e. The predicted octanol–water partition coefficient (Wildman–Crippen LogP) is 1.77. The van der Waals surface area contributed by atoms with Gasteiger partial charge in [-0.1, -0.05) is 0 Å². The van der Waals surface area contributed by atoms with Crippen molar-refractivity contribution in [1.82, 2.24) is 9.97 Å². The van der Waals surface area contributed by atoms with Crippen LogP contribution in [0.2, 0.25) is 0 Å². The normalized spacial score (nSPS) is 25.5. The average Bonchev–Trinajstić information content (AvgIpc) is 2.65. The zero-order valence-corrected chi connectivity index (χ0v) is 9.29. The summed E-state index contributed by atoms with van der Waals surface area (Å²) in [5, 5.41) is 3.30. The highest BCUT2D eigenvalue weighted by molar-refractivity contribution is 5.38. The highest BCUT2D eigenvalue weighted by atomic mass is 16.5. The minimum Gasteiger partial charge on any atom is -0.373 e. The molecule has 1 unspecified atom stereocenters. The molecular weight excluding hydrogens is 190 g/mol. The van der Waals surface area contributed by atoms with Crippen LogP contribution in [-0.2, 0) is 4.74 Å². The second-order valence-electron chi connectivity index (χ2n) is 4.25. The molecule has 0 aliphatic carbocycles. The molecule has 1 aliphatic heterocycles. The fraction of sp³-hybridized carbons (Fsp3) is 0.636. The van der Waals surface area contributed by atoms with Crippen molar-refractivity contribution in [3.63, 3.8) is 0 Å². The maximum atomic E-state index is 5.69. The molecule has 1 aliphatic rings. The lowest BCUT2D eigenvalue weighted by Gasteiger charge is -2.23. The van der Waals surface area contributed by atoms with Gasteiger partial charge >= 0.3 is 0 Å². The second-order valence-corrected chi connectivity index (χ2v) is 4.25. The van der Waals surface area contributed by atoms with E-state index in [1.165, 1.54) is 0 Å². The van der Waals surface area contributed by atoms with Gasteiger partial charge in [-0.2, -0.15) is 0 Å². The van der Waals surface area contributed by atoms with Crippen LogP contribution in [-0.4, -0.2) is 28.7 Å². The number of aromatic nitrogens is 2. The number of aryl methyl sites for hydroxylation is 1. The van der Waals surface area contributed by atoms with Gasteiger partial charge in [-0.3, -0.25) is 4.98 Å². The van der Waals surface area contributed by atoms with Crippen molar-refractivity contribution in [2.75, 3.05) is 18.5 Å². The minimum absolute atomic E-state index is 0.0377. The topological polar surface area (TPSA) is 47.0 Å². The molecule has 82 valence electrons. The van der Waals surface area contributed by atoms with E-state index in [4.69, 9.17) is 4.74 Å². The third kappa shape index (κ3) is 2.45. The Hall–Kier alpha value is -1.16. The van der Waals surface area contributed by atoms with Crippen molar-refractivity contribution in [2.24, 2.45) is 0 Å². The molecule has 2 rings (SSSR count). The van der Waals surface area contributed by atoms with Gasteiger partial charge in [0.15, 0.2) is 0 Å². The van der Waals surface area contributed by atoms with Gasteiger partial charge in [-0.05, 0) is 26.7 Å². The van der Waals surface area contributed by atoms with Gasteiger partial charge in [-0.15, -0.1) is 0 Å². The minimum atomic E-state index is -0.0377. The lowest BCUT2D eigenvalue weighted by atomic mass is 10.0. The van der Waals surface area contributed by atoms with Gasteiger partial charge in [0, 0.05) is 25.5 Å². The van der Waals surface area contributed by atoms with E-state index in [1.54, 1.807) is 12.4 Å². The summed E-state index contributed by atoms with van der Waals surface area (Å²) in [4.78, 5) is 8.42. The molecule has 1 atom stereocenters. The summed E-state index contributed by atoms with van der Waals surface area (Å²) in [6.07, 6.45) is 5.67. The molecule has 0 radical (unpaired) electrons. The van der Waals surface area contributed by atoms with E-state index < -0.39 is 0 Å². The predicted molar refractivity (Wildman–Crippen MR) is 58.8 cm³/mol. The Labute approximate surface area is 90.1 Å². The Kier molecular flexibility index (Phi) is 2.86. The zero-order chi connectivity index (χ0) is 10.7. The van der Waals surface area contributed by atoms with Crippen LogP contribution in [0.4, 0.5) is 5.82 Å². The number of nitrogens with zero attached hydrogens (tertiary/aromatic N) is 2. The number of anilines is 1. The summed E-state index contributed by atoms with van der Waals surface area (Å²) in [6, 6.07) is 0. The van der Waals surface area contributed by atoms with E-state index in [0.717, 1.165) is 37.5 Å². The maximum absolute atomic E-state index is 5.69. The van der Waals surface area contributed by atoms with Crippen molar-refractivity contribution in [1.29, 1.82) is 0 Å². The average molecular weight is 207 g/mol. The molecule has 1 N–H and O–H groups in total. The number of hydrogen-bond donors (Lipinski definition) is 1. The van der Waals surface area contributed by atoms with Gasteiger partial charge in [-0.25, -0.2) is 4.98 Å². The molecule has 15 heavy (non-hydrogen) atoms. The number of rotatable bonds is 3. The zero-order valence-electron chi connectivity index (χ0n) is 9.29. The van der Waals surface area contributed by atoms with Crippen LogP contribution in [0.3, 0.4) is 0 Å². The SMILES string of the molecule is Cc1nccnc1NCC1(C)CCCO1. The fourth-order valence-corrected chi connectivity index (χ4v) is 1.83. The monoisotopic (exact) mass is 207 g/mol. The summed E-state index contributed by atoms with van der Waals surface area (Å²) in [5.74, 6) is 0.856. The second kappa shape index (κ2) is 4.14. The van der Waals surface area contributed by atoms with Crippen LogP contribution in [0.25, 0.3) is 0 Å². The number of hydrogen-bond acceptors (Lipinski definition) is 4. The molecule has 0 saturated carbocycles. The molecular formula is C11H17N3O. The number of ether oxygens (including phenoxy) is 1. The largest absolute Gasteiger partial charge is 0.373 e. The van der Waals surface area contributed by atoms with Crippen molar-refractivity contribution in [3.8, 4) is 0 Å².